The van der Waals surface area contributed by atoms with Crippen LogP contribution in [0.4, 0.5) is 0 Å². The van der Waals surface area contributed by atoms with Crippen LogP contribution in [-0.4, -0.2) is 47.0 Å². The first-order chi connectivity index (χ1) is 6.77. The summed E-state index contributed by atoms with van der Waals surface area (Å²) in [7, 11) is 0. The number of hydrogen-bond acceptors (Lipinski definition) is 4. The van der Waals surface area contributed by atoms with E-state index in [4.69, 9.17) is 0 Å². The number of hydrogen-bond donors (Lipinski definition) is 1. The number of nitrogens with one attached hydrogen (secondary N) is 1. The molecular formula is C8H11N3O2S. The molecule has 0 aromatic heterocycles. The predicted molar refractivity (Wildman–Crippen MR) is 54.1 cm³/mol. The highest BCUT2D eigenvalue weighted by molar-refractivity contribution is 7.99. The molecule has 0 unspecified atom stereocenters. The van der Waals surface area contributed by atoms with Gasteiger partial charge in [0.1, 0.15) is 5.71 Å². The third-order valence-electron chi connectivity index (χ3n) is 2.19. The van der Waals surface area contributed by atoms with E-state index in [0.717, 1.165) is 24.6 Å². The molecule has 0 aromatic carbocycles. The van der Waals surface area contributed by atoms with Gasteiger partial charge in [-0.1, -0.05) is 0 Å². The van der Waals surface area contributed by atoms with E-state index in [-0.39, 0.29) is 18.2 Å². The molecule has 0 spiro atoms. The van der Waals surface area contributed by atoms with Crippen LogP contribution in [-0.2, 0) is 9.59 Å². The zero-order chi connectivity index (χ0) is 9.97. The van der Waals surface area contributed by atoms with Crippen LogP contribution in [0.5, 0.6) is 0 Å². The standard InChI is InChI=1S/C8H11N3O2S/c12-7-5-6(9-10-7)8(13)11-1-3-14-4-2-11/h1-5H2,(H,10,12). The third kappa shape index (κ3) is 1.89. The van der Waals surface area contributed by atoms with Gasteiger partial charge >= 0.3 is 0 Å². The Bertz CT molecular complexity index is 297. The summed E-state index contributed by atoms with van der Waals surface area (Å²) in [6, 6.07) is 0. The summed E-state index contributed by atoms with van der Waals surface area (Å²) in [4.78, 5) is 24.3. The summed E-state index contributed by atoms with van der Waals surface area (Å²) >= 11 is 1.84. The minimum Gasteiger partial charge on any atom is -0.336 e. The van der Waals surface area contributed by atoms with E-state index < -0.39 is 0 Å². The van der Waals surface area contributed by atoms with E-state index in [0.29, 0.717) is 5.71 Å². The molecule has 2 aliphatic heterocycles. The molecule has 14 heavy (non-hydrogen) atoms. The second-order valence-electron chi connectivity index (χ2n) is 3.17. The first-order valence-corrected chi connectivity index (χ1v) is 5.65. The van der Waals surface area contributed by atoms with Gasteiger partial charge in [0.05, 0.1) is 6.42 Å². The van der Waals surface area contributed by atoms with Crippen LogP contribution in [0, 0.1) is 0 Å². The predicted octanol–water partition coefficient (Wildman–Crippen LogP) is -0.562. The summed E-state index contributed by atoms with van der Waals surface area (Å²) in [6.45, 7) is 1.52. The summed E-state index contributed by atoms with van der Waals surface area (Å²) in [5, 5.41) is 3.71. The Hall–Kier alpha value is -1.04. The Labute approximate surface area is 85.9 Å². The van der Waals surface area contributed by atoms with Crippen LogP contribution in [0.15, 0.2) is 5.10 Å². The van der Waals surface area contributed by atoms with Gasteiger partial charge in [0.2, 0.25) is 5.91 Å². The fourth-order valence-electron chi connectivity index (χ4n) is 1.43. The van der Waals surface area contributed by atoms with Gasteiger partial charge in [0, 0.05) is 24.6 Å². The first-order valence-electron chi connectivity index (χ1n) is 4.50. The fraction of sp³-hybridized carbons (Fsp3) is 0.625. The topological polar surface area (TPSA) is 61.8 Å². The molecule has 0 atom stereocenters. The molecule has 0 aromatic rings. The number of rotatable bonds is 1. The Kier molecular flexibility index (Phi) is 2.72. The SMILES string of the molecule is O=C1CC(C(=O)N2CCSCC2)=NN1. The van der Waals surface area contributed by atoms with Crippen LogP contribution in [0.3, 0.4) is 0 Å². The molecule has 2 aliphatic rings. The van der Waals surface area contributed by atoms with Gasteiger partial charge in [-0.15, -0.1) is 0 Å². The summed E-state index contributed by atoms with van der Waals surface area (Å²) < 4.78 is 0. The number of carbonyl (C=O) groups is 2. The van der Waals surface area contributed by atoms with Gasteiger partial charge in [0.15, 0.2) is 0 Å². The second kappa shape index (κ2) is 4.00. The van der Waals surface area contributed by atoms with Crippen molar-refractivity contribution >= 4 is 29.3 Å². The van der Waals surface area contributed by atoms with Crippen molar-refractivity contribution < 1.29 is 9.59 Å². The van der Waals surface area contributed by atoms with E-state index in [1.165, 1.54) is 0 Å². The molecule has 2 rings (SSSR count). The molecular weight excluding hydrogens is 202 g/mol. The Morgan fingerprint density at radius 1 is 1.43 bits per heavy atom. The maximum Gasteiger partial charge on any atom is 0.270 e. The second-order valence-corrected chi connectivity index (χ2v) is 4.40. The highest BCUT2D eigenvalue weighted by Gasteiger charge is 2.26. The maximum atomic E-state index is 11.7. The Morgan fingerprint density at radius 2 is 2.14 bits per heavy atom. The van der Waals surface area contributed by atoms with Crippen molar-refractivity contribution in [3.63, 3.8) is 0 Å². The minimum absolute atomic E-state index is 0.0938. The zero-order valence-corrected chi connectivity index (χ0v) is 8.47. The highest BCUT2D eigenvalue weighted by atomic mass is 32.2. The third-order valence-corrected chi connectivity index (χ3v) is 3.13. The average Bonchev–Trinajstić information content (AvgIpc) is 2.65. The lowest BCUT2D eigenvalue weighted by Gasteiger charge is -2.25. The van der Waals surface area contributed by atoms with Crippen molar-refractivity contribution in [2.75, 3.05) is 24.6 Å². The van der Waals surface area contributed by atoms with E-state index in [1.807, 2.05) is 11.8 Å². The molecule has 2 heterocycles. The molecule has 1 fully saturated rings. The summed E-state index contributed by atoms with van der Waals surface area (Å²) in [5.41, 5.74) is 2.63. The lowest BCUT2D eigenvalue weighted by Crippen LogP contribution is -2.41. The molecule has 6 heteroatoms. The molecule has 0 bridgehead atoms. The van der Waals surface area contributed by atoms with E-state index in [1.54, 1.807) is 4.90 Å². The van der Waals surface area contributed by atoms with Crippen molar-refractivity contribution in [1.29, 1.82) is 0 Å². The Balaban J connectivity index is 1.97. The molecule has 1 N–H and O–H groups in total. The van der Waals surface area contributed by atoms with E-state index in [9.17, 15) is 9.59 Å². The van der Waals surface area contributed by atoms with Crippen LogP contribution >= 0.6 is 11.8 Å². The highest BCUT2D eigenvalue weighted by Crippen LogP contribution is 2.11. The molecule has 0 radical (unpaired) electrons. The summed E-state index contributed by atoms with van der Waals surface area (Å²) in [5.74, 6) is 1.66. The molecule has 1 saturated heterocycles. The lowest BCUT2D eigenvalue weighted by atomic mass is 10.2. The van der Waals surface area contributed by atoms with Crippen molar-refractivity contribution in [1.82, 2.24) is 10.3 Å². The number of nitrogens with zero attached hydrogens (tertiary/aromatic N) is 2. The number of thioether (sulfide) groups is 1. The molecule has 0 aliphatic carbocycles. The minimum atomic E-state index is -0.195. The van der Waals surface area contributed by atoms with Gasteiger partial charge in [-0.2, -0.15) is 16.9 Å². The van der Waals surface area contributed by atoms with Crippen LogP contribution in [0.2, 0.25) is 0 Å². The van der Waals surface area contributed by atoms with Crippen molar-refractivity contribution in [3.05, 3.63) is 0 Å². The van der Waals surface area contributed by atoms with Gasteiger partial charge in [0.25, 0.3) is 5.91 Å². The van der Waals surface area contributed by atoms with Gasteiger partial charge < -0.3 is 4.90 Å². The lowest BCUT2D eigenvalue weighted by molar-refractivity contribution is -0.124. The molecule has 0 saturated carbocycles. The molecule has 2 amide bonds. The van der Waals surface area contributed by atoms with Gasteiger partial charge in [-0.05, 0) is 0 Å². The largest absolute Gasteiger partial charge is 0.336 e. The number of amides is 2. The average molecular weight is 213 g/mol. The van der Waals surface area contributed by atoms with Crippen molar-refractivity contribution in [2.24, 2.45) is 5.10 Å². The van der Waals surface area contributed by atoms with Gasteiger partial charge in [-0.3, -0.25) is 9.59 Å². The summed E-state index contributed by atoms with van der Waals surface area (Å²) in [6.07, 6.45) is 0.127. The zero-order valence-electron chi connectivity index (χ0n) is 7.65. The van der Waals surface area contributed by atoms with Crippen molar-refractivity contribution in [3.8, 4) is 0 Å². The van der Waals surface area contributed by atoms with Crippen LogP contribution in [0.1, 0.15) is 6.42 Å². The molecule has 76 valence electrons. The molecule has 5 nitrogen and oxygen atoms in total. The van der Waals surface area contributed by atoms with E-state index >= 15 is 0 Å². The van der Waals surface area contributed by atoms with Crippen molar-refractivity contribution in [2.45, 2.75) is 6.42 Å². The first kappa shape index (κ1) is 9.51. The van der Waals surface area contributed by atoms with Gasteiger partial charge in [-0.25, -0.2) is 5.43 Å². The quantitative estimate of drug-likeness (QED) is 0.635. The fourth-order valence-corrected chi connectivity index (χ4v) is 2.34. The number of hydrazone groups is 1. The normalized spacial score (nSPS) is 21.9. The van der Waals surface area contributed by atoms with Crippen LogP contribution < -0.4 is 5.43 Å². The maximum absolute atomic E-state index is 11.7. The number of carbonyl (C=O) groups excluding carboxylic acids is 2. The van der Waals surface area contributed by atoms with Crippen LogP contribution in [0.25, 0.3) is 0 Å². The smallest absolute Gasteiger partial charge is 0.270 e. The Morgan fingerprint density at radius 3 is 2.71 bits per heavy atom. The monoisotopic (exact) mass is 213 g/mol. The van der Waals surface area contributed by atoms with E-state index in [2.05, 4.69) is 10.5 Å².